The van der Waals surface area contributed by atoms with Crippen molar-refractivity contribution in [1.82, 2.24) is 0 Å². The Hall–Kier alpha value is -5.26. The van der Waals surface area contributed by atoms with Gasteiger partial charge in [0.05, 0.1) is 0 Å². The number of hydrogen-bond donors (Lipinski definition) is 0. The first-order valence-corrected chi connectivity index (χ1v) is 23.7. The molecule has 0 nitrogen and oxygen atoms in total. The van der Waals surface area contributed by atoms with Crippen molar-refractivity contribution in [3.63, 3.8) is 0 Å². The van der Waals surface area contributed by atoms with E-state index in [2.05, 4.69) is 194 Å². The molecule has 3 heteroatoms. The predicted molar refractivity (Wildman–Crippen MR) is 231 cm³/mol. The molecule has 2 aromatic heterocycles. The molecule has 0 unspecified atom stereocenters. The number of hydrogen-bond acceptors (Lipinski definition) is 2. The van der Waals surface area contributed by atoms with Gasteiger partial charge in [-0.3, -0.25) is 0 Å². The van der Waals surface area contributed by atoms with Gasteiger partial charge in [0.2, 0.25) is 0 Å². The van der Waals surface area contributed by atoms with Gasteiger partial charge in [0, 0.05) is 0 Å². The van der Waals surface area contributed by atoms with E-state index in [4.69, 9.17) is 0 Å². The normalized spacial score (nSPS) is 12.8. The molecule has 9 aromatic rings. The number of rotatable bonds is 6. The molecule has 0 fully saturated rings. The van der Waals surface area contributed by atoms with Gasteiger partial charge in [-0.2, -0.15) is 0 Å². The van der Waals surface area contributed by atoms with E-state index < -0.39 is 13.3 Å². The summed E-state index contributed by atoms with van der Waals surface area (Å²) in [4.78, 5) is 1.44. The minimum absolute atomic E-state index is 0.979. The minimum atomic E-state index is -3.61. The van der Waals surface area contributed by atoms with Gasteiger partial charge in [0.15, 0.2) is 0 Å². The third-order valence-electron chi connectivity index (χ3n) is 10.7. The average Bonchev–Trinajstić information content (AvgIpc) is 3.68. The second-order valence-corrected chi connectivity index (χ2v) is 23.7. The van der Waals surface area contributed by atoms with Gasteiger partial charge >= 0.3 is 317 Å². The van der Waals surface area contributed by atoms with E-state index in [0.717, 1.165) is 6.42 Å². The van der Waals surface area contributed by atoms with Crippen molar-refractivity contribution < 1.29 is 0 Å². The Bertz CT molecular complexity index is 2780. The second kappa shape index (κ2) is 13.1. The number of thiophene rings is 2. The molecule has 52 heavy (non-hydrogen) atoms. The van der Waals surface area contributed by atoms with Crippen LogP contribution >= 0.6 is 22.7 Å². The first-order chi connectivity index (χ1) is 25.8. The molecular weight excluding hydrogens is 725 g/mol. The molecular formula is C49H34GeS2. The fourth-order valence-electron chi connectivity index (χ4n) is 8.35. The van der Waals surface area contributed by atoms with Gasteiger partial charge in [0.25, 0.3) is 0 Å². The molecule has 0 saturated carbocycles. The molecule has 2 heterocycles. The summed E-state index contributed by atoms with van der Waals surface area (Å²) in [6.45, 7) is 0. The zero-order valence-corrected chi connectivity index (χ0v) is 32.2. The van der Waals surface area contributed by atoms with Crippen molar-refractivity contribution in [1.29, 1.82) is 0 Å². The van der Waals surface area contributed by atoms with Crippen LogP contribution in [0, 0.1) is 0 Å². The molecule has 0 atom stereocenters. The summed E-state index contributed by atoms with van der Waals surface area (Å²) in [6.07, 6.45) is 9.89. The Morgan fingerprint density at radius 1 is 0.423 bits per heavy atom. The quantitative estimate of drug-likeness (QED) is 0.148. The topological polar surface area (TPSA) is 0 Å². The summed E-state index contributed by atoms with van der Waals surface area (Å²) >= 11 is 0.245. The molecule has 1 aliphatic rings. The van der Waals surface area contributed by atoms with Crippen LogP contribution in [-0.4, -0.2) is 13.3 Å². The molecule has 246 valence electrons. The molecule has 10 rings (SSSR count). The van der Waals surface area contributed by atoms with Gasteiger partial charge in [-0.15, -0.1) is 0 Å². The zero-order valence-electron chi connectivity index (χ0n) is 28.5. The molecule has 0 radical (unpaired) electrons. The Kier molecular flexibility index (Phi) is 7.90. The van der Waals surface area contributed by atoms with Crippen LogP contribution in [0.1, 0.15) is 10.4 Å². The van der Waals surface area contributed by atoms with Crippen LogP contribution in [0.15, 0.2) is 188 Å². The molecule has 0 aliphatic heterocycles. The van der Waals surface area contributed by atoms with E-state index >= 15 is 0 Å². The van der Waals surface area contributed by atoms with E-state index in [1.165, 1.54) is 80.5 Å². The van der Waals surface area contributed by atoms with Gasteiger partial charge in [-0.25, -0.2) is 0 Å². The van der Waals surface area contributed by atoms with Crippen molar-refractivity contribution >= 4 is 89.9 Å². The third kappa shape index (κ3) is 5.09. The van der Waals surface area contributed by atoms with E-state index in [1.807, 2.05) is 22.7 Å². The molecule has 0 N–H and O–H groups in total. The summed E-state index contributed by atoms with van der Waals surface area (Å²) in [5.74, 6) is 0. The maximum absolute atomic E-state index is 3.61. The van der Waals surface area contributed by atoms with E-state index in [1.54, 1.807) is 0 Å². The summed E-state index contributed by atoms with van der Waals surface area (Å²) in [6, 6.07) is 64.4. The average molecular weight is 760 g/mol. The van der Waals surface area contributed by atoms with Crippen LogP contribution in [0.4, 0.5) is 0 Å². The number of benzene rings is 7. The van der Waals surface area contributed by atoms with Crippen molar-refractivity contribution in [2.45, 2.75) is 6.42 Å². The summed E-state index contributed by atoms with van der Waals surface area (Å²) < 4.78 is 9.80. The zero-order chi connectivity index (χ0) is 34.5. The Morgan fingerprint density at radius 2 is 0.962 bits per heavy atom. The fourth-order valence-corrected chi connectivity index (χ4v) is 21.0. The first-order valence-electron chi connectivity index (χ1n) is 17.9. The molecule has 0 spiro atoms. The van der Waals surface area contributed by atoms with Crippen LogP contribution in [0.5, 0.6) is 0 Å². The first kappa shape index (κ1) is 31.5. The summed E-state index contributed by atoms with van der Waals surface area (Å²) in [7, 11) is 0. The molecule has 0 saturated heterocycles. The summed E-state index contributed by atoms with van der Waals surface area (Å²) in [5, 5.41) is 4.02. The fraction of sp³-hybridized carbons (Fsp3) is 0.0204. The van der Waals surface area contributed by atoms with Gasteiger partial charge in [0.1, 0.15) is 0 Å². The Labute approximate surface area is 315 Å². The van der Waals surface area contributed by atoms with Crippen LogP contribution < -0.4 is 17.6 Å². The number of allylic oxidation sites excluding steroid dienone is 3. The standard InChI is InChI=1S/C49H34GeS2/c1-4-18-36(19-5-1)50(37-20-6-2-7-21-37,39-23-13-17-35(33-39)41-27-15-29-45-43-25-10-11-31-47(43)52-49(41)45)38-22-12-16-34(32-38)40-26-14-28-44-42-24-8-3-9-30-46(42)51-48(40)44/h1-29,31-33H,30H2. The van der Waals surface area contributed by atoms with Crippen LogP contribution in [0.2, 0.25) is 0 Å². The molecule has 1 aliphatic carbocycles. The number of fused-ring (bicyclic) bond motifs is 6. The molecule has 0 amide bonds. The van der Waals surface area contributed by atoms with Crippen molar-refractivity contribution in [2.75, 3.05) is 0 Å². The Balaban J connectivity index is 1.22. The third-order valence-corrected chi connectivity index (χ3v) is 23.1. The van der Waals surface area contributed by atoms with E-state index in [9.17, 15) is 0 Å². The van der Waals surface area contributed by atoms with Gasteiger partial charge in [-0.05, 0) is 0 Å². The maximum atomic E-state index is 2.54. The van der Waals surface area contributed by atoms with Gasteiger partial charge in [-0.1, -0.05) is 0 Å². The monoisotopic (exact) mass is 760 g/mol. The summed E-state index contributed by atoms with van der Waals surface area (Å²) in [5.41, 5.74) is 6.55. The molecule has 0 bridgehead atoms. The SMILES string of the molecule is C1=CCc2sc3c(-c4ccc[c]([Ge]([c]5ccccc5)([c]5ccccc5)[c]5cccc(-c6cccc7c6sc6ccccc67)c5)c4)cccc3c2C=C1. The second-order valence-electron chi connectivity index (χ2n) is 13.5. The Morgan fingerprint density at radius 3 is 1.63 bits per heavy atom. The van der Waals surface area contributed by atoms with Gasteiger partial charge < -0.3 is 0 Å². The van der Waals surface area contributed by atoms with Crippen LogP contribution in [0.3, 0.4) is 0 Å². The van der Waals surface area contributed by atoms with Crippen molar-refractivity contribution in [3.8, 4) is 22.3 Å². The molecule has 7 aromatic carbocycles. The van der Waals surface area contributed by atoms with E-state index in [0.29, 0.717) is 0 Å². The predicted octanol–water partition coefficient (Wildman–Crippen LogP) is 11.1. The van der Waals surface area contributed by atoms with Crippen molar-refractivity contribution in [3.05, 3.63) is 199 Å². The van der Waals surface area contributed by atoms with Crippen LogP contribution in [-0.2, 0) is 6.42 Å². The van der Waals surface area contributed by atoms with E-state index in [-0.39, 0.29) is 0 Å². The van der Waals surface area contributed by atoms with Crippen molar-refractivity contribution in [2.24, 2.45) is 0 Å². The van der Waals surface area contributed by atoms with Crippen LogP contribution in [0.25, 0.3) is 58.6 Å².